The van der Waals surface area contributed by atoms with E-state index in [-0.39, 0.29) is 17.9 Å². The molecular weight excluding hydrogens is 443 g/mol. The largest absolute Gasteiger partial charge is 0.497 e. The van der Waals surface area contributed by atoms with Gasteiger partial charge in [0.15, 0.2) is 0 Å². The van der Waals surface area contributed by atoms with Crippen LogP contribution >= 0.6 is 0 Å². The predicted molar refractivity (Wildman–Crippen MR) is 109 cm³/mol. The van der Waals surface area contributed by atoms with Gasteiger partial charge in [-0.3, -0.25) is 9.47 Å². The van der Waals surface area contributed by atoms with Gasteiger partial charge in [0, 0.05) is 6.54 Å². The average Bonchev–Trinajstić information content (AvgIpc) is 3.45. The molecule has 11 heteroatoms. The van der Waals surface area contributed by atoms with Gasteiger partial charge in [0.1, 0.15) is 17.2 Å². The zero-order valence-corrected chi connectivity index (χ0v) is 17.2. The number of methoxy groups -OCH3 is 1. The predicted octanol–water partition coefficient (Wildman–Crippen LogP) is 3.87. The summed E-state index contributed by atoms with van der Waals surface area (Å²) in [6.45, 7) is 0.179. The second-order valence-electron chi connectivity index (χ2n) is 7.85. The van der Waals surface area contributed by atoms with Crippen LogP contribution in [0.3, 0.4) is 0 Å². The summed E-state index contributed by atoms with van der Waals surface area (Å²) in [5, 5.41) is 10.8. The van der Waals surface area contributed by atoms with Gasteiger partial charge in [0.05, 0.1) is 30.4 Å². The lowest BCUT2D eigenvalue weighted by atomic mass is 10.2. The van der Waals surface area contributed by atoms with E-state index in [1.165, 1.54) is 28.7 Å². The van der Waals surface area contributed by atoms with Gasteiger partial charge in [-0.05, 0) is 48.9 Å². The number of halogens is 3. The van der Waals surface area contributed by atoms with E-state index in [1.807, 2.05) is 0 Å². The first-order valence-electron chi connectivity index (χ1n) is 10.0. The normalized spacial score (nSPS) is 19.0. The van der Waals surface area contributed by atoms with Crippen molar-refractivity contribution in [3.8, 4) is 23.1 Å². The number of carbonyl (C=O) groups is 1. The number of hydrogen-bond donors (Lipinski definition) is 1. The lowest BCUT2D eigenvalue weighted by Gasteiger charge is -2.26. The number of likely N-dealkylation sites (tertiary alicyclic amines) is 1. The van der Waals surface area contributed by atoms with Crippen molar-refractivity contribution < 1.29 is 32.5 Å². The monoisotopic (exact) mass is 461 g/mol. The highest BCUT2D eigenvalue weighted by Gasteiger charge is 2.50. The van der Waals surface area contributed by atoms with Gasteiger partial charge in [-0.15, -0.1) is 0 Å². The summed E-state index contributed by atoms with van der Waals surface area (Å²) in [6.07, 6.45) is -4.85. The van der Waals surface area contributed by atoms with Crippen molar-refractivity contribution in [1.29, 1.82) is 0 Å². The first-order chi connectivity index (χ1) is 15.7. The minimum atomic E-state index is -4.60. The molecule has 0 spiro atoms. The van der Waals surface area contributed by atoms with Crippen molar-refractivity contribution >= 4 is 6.09 Å². The van der Waals surface area contributed by atoms with E-state index in [0.29, 0.717) is 17.9 Å². The molecule has 1 N–H and O–H groups in total. The number of hydrogen-bond acceptors (Lipinski definition) is 5. The third-order valence-electron chi connectivity index (χ3n) is 5.99. The summed E-state index contributed by atoms with van der Waals surface area (Å²) < 4.78 is 52.0. The maximum atomic E-state index is 13.1. The molecule has 0 aliphatic carbocycles. The Labute approximate surface area is 185 Å². The fourth-order valence-corrected chi connectivity index (χ4v) is 4.51. The Morgan fingerprint density at radius 1 is 1.12 bits per heavy atom. The minimum absolute atomic E-state index is 0.110. The molecule has 1 unspecified atom stereocenters. The topological polar surface area (TPSA) is 85.9 Å². The Balaban J connectivity index is 1.46. The molecule has 2 atom stereocenters. The number of nitrogens with zero attached hydrogens (tertiary/aromatic N) is 3. The van der Waals surface area contributed by atoms with Crippen molar-refractivity contribution in [1.82, 2.24) is 14.0 Å². The molecule has 3 aromatic rings. The van der Waals surface area contributed by atoms with Gasteiger partial charge in [-0.2, -0.15) is 13.2 Å². The molecule has 5 rings (SSSR count). The molecule has 2 bridgehead atoms. The van der Waals surface area contributed by atoms with Crippen molar-refractivity contribution in [3.05, 3.63) is 70.3 Å². The fraction of sp³-hybridized carbons (Fsp3) is 0.273. The summed E-state index contributed by atoms with van der Waals surface area (Å²) in [5.74, 6) is 0.403. The molecule has 1 saturated heterocycles. The number of fused-ring (bicyclic) bond motifs is 5. The number of alkyl halides is 3. The van der Waals surface area contributed by atoms with E-state index < -0.39 is 41.5 Å². The maximum Gasteiger partial charge on any atom is 0.416 e. The van der Waals surface area contributed by atoms with Gasteiger partial charge in [0.2, 0.25) is 5.88 Å². The fourth-order valence-electron chi connectivity index (χ4n) is 4.51. The van der Waals surface area contributed by atoms with Crippen molar-refractivity contribution in [2.75, 3.05) is 13.7 Å². The van der Waals surface area contributed by atoms with Crippen molar-refractivity contribution in [3.63, 3.8) is 0 Å². The van der Waals surface area contributed by atoms with Gasteiger partial charge in [0.25, 0.3) is 0 Å². The van der Waals surface area contributed by atoms with Gasteiger partial charge < -0.3 is 14.6 Å². The van der Waals surface area contributed by atoms with Crippen LogP contribution in [0.2, 0.25) is 0 Å². The quantitative estimate of drug-likeness (QED) is 0.640. The Kier molecular flexibility index (Phi) is 4.66. The van der Waals surface area contributed by atoms with Crippen LogP contribution in [-0.4, -0.2) is 38.9 Å². The number of rotatable bonds is 3. The summed E-state index contributed by atoms with van der Waals surface area (Å²) in [6, 6.07) is 9.52. The van der Waals surface area contributed by atoms with Crippen LogP contribution in [0.15, 0.2) is 53.3 Å². The molecule has 0 radical (unpaired) electrons. The highest BCUT2D eigenvalue weighted by Crippen LogP contribution is 2.49. The number of aromatic hydroxyl groups is 1. The zero-order valence-electron chi connectivity index (χ0n) is 17.2. The van der Waals surface area contributed by atoms with E-state index in [9.17, 15) is 27.9 Å². The molecule has 2 aromatic carbocycles. The van der Waals surface area contributed by atoms with Crippen LogP contribution in [0.25, 0.3) is 5.69 Å². The van der Waals surface area contributed by atoms with Gasteiger partial charge in [-0.25, -0.2) is 14.2 Å². The van der Waals surface area contributed by atoms with Crippen LogP contribution in [0.5, 0.6) is 17.4 Å². The summed E-state index contributed by atoms with van der Waals surface area (Å²) in [7, 11) is 1.51. The maximum absolute atomic E-state index is 13.1. The SMILES string of the molecule is COc1ccc(OC(=O)N2CC3C[C@@H]2c2c(O)n(-c4cccc(C(F)(F)F)c4)c(=O)n23)cc1. The molecule has 1 amide bonds. The molecule has 172 valence electrons. The molecule has 1 aromatic heterocycles. The van der Waals surface area contributed by atoms with Crippen molar-refractivity contribution in [2.45, 2.75) is 24.7 Å². The lowest BCUT2D eigenvalue weighted by molar-refractivity contribution is -0.137. The third kappa shape index (κ3) is 3.31. The highest BCUT2D eigenvalue weighted by atomic mass is 19.4. The average molecular weight is 461 g/mol. The van der Waals surface area contributed by atoms with E-state index in [0.717, 1.165) is 16.7 Å². The highest BCUT2D eigenvalue weighted by molar-refractivity contribution is 5.72. The number of carbonyl (C=O) groups excluding carboxylic acids is 1. The summed E-state index contributed by atoms with van der Waals surface area (Å²) >= 11 is 0. The Morgan fingerprint density at radius 2 is 1.82 bits per heavy atom. The molecule has 0 saturated carbocycles. The summed E-state index contributed by atoms with van der Waals surface area (Å²) in [5.41, 5.74) is -1.52. The number of benzene rings is 2. The zero-order chi connectivity index (χ0) is 23.5. The second kappa shape index (κ2) is 7.32. The second-order valence-corrected chi connectivity index (χ2v) is 7.85. The van der Waals surface area contributed by atoms with Crippen LogP contribution in [0.1, 0.15) is 29.8 Å². The van der Waals surface area contributed by atoms with Gasteiger partial charge >= 0.3 is 18.0 Å². The first-order valence-corrected chi connectivity index (χ1v) is 10.0. The van der Waals surface area contributed by atoms with Crippen LogP contribution in [-0.2, 0) is 6.18 Å². The first kappa shape index (κ1) is 21.0. The number of aromatic nitrogens is 2. The van der Waals surface area contributed by atoms with Crippen LogP contribution in [0, 0.1) is 0 Å². The molecule has 3 heterocycles. The standard InChI is InChI=1S/C22H18F3N3O5/c1-32-15-5-7-16(8-6-15)33-21(31)26-11-14-10-17(26)18-19(29)28(20(30)27(14)18)13-4-2-3-12(9-13)22(23,24)25/h2-9,14,17,29H,10-11H2,1H3/t14?,17-/m1/s1. The smallest absolute Gasteiger partial charge is 0.416 e. The molecule has 2 aliphatic heterocycles. The molecule has 2 aliphatic rings. The Bertz CT molecular complexity index is 1300. The third-order valence-corrected chi connectivity index (χ3v) is 5.99. The number of ether oxygens (including phenoxy) is 2. The number of amides is 1. The van der Waals surface area contributed by atoms with Crippen molar-refractivity contribution in [2.24, 2.45) is 0 Å². The van der Waals surface area contributed by atoms with Crippen LogP contribution in [0.4, 0.5) is 18.0 Å². The molecule has 1 fully saturated rings. The molecular formula is C22H18F3N3O5. The summed E-state index contributed by atoms with van der Waals surface area (Å²) in [4.78, 5) is 27.2. The Morgan fingerprint density at radius 3 is 2.48 bits per heavy atom. The molecule has 8 nitrogen and oxygen atoms in total. The lowest BCUT2D eigenvalue weighted by Crippen LogP contribution is -2.39. The number of imidazole rings is 1. The van der Waals surface area contributed by atoms with E-state index >= 15 is 0 Å². The molecule has 33 heavy (non-hydrogen) atoms. The van der Waals surface area contributed by atoms with Crippen LogP contribution < -0.4 is 15.2 Å². The van der Waals surface area contributed by atoms with E-state index in [4.69, 9.17) is 9.47 Å². The van der Waals surface area contributed by atoms with E-state index in [2.05, 4.69) is 0 Å². The minimum Gasteiger partial charge on any atom is -0.497 e. The van der Waals surface area contributed by atoms with E-state index in [1.54, 1.807) is 24.3 Å². The Hall–Kier alpha value is -3.89. The van der Waals surface area contributed by atoms with Gasteiger partial charge in [-0.1, -0.05) is 6.07 Å².